The molecule has 0 bridgehead atoms. The van der Waals surface area contributed by atoms with Gasteiger partial charge in [0.1, 0.15) is 0 Å². The number of rotatable bonds is 41. The van der Waals surface area contributed by atoms with Crippen molar-refractivity contribution >= 4 is 0 Å². The average Bonchev–Trinajstić information content (AvgIpc) is 3.10. The molecular formula is C42H86O6. The Labute approximate surface area is 300 Å². The second-order valence-corrected chi connectivity index (χ2v) is 14.5. The van der Waals surface area contributed by atoms with Gasteiger partial charge < -0.3 is 29.2 Å². The highest BCUT2D eigenvalue weighted by Crippen LogP contribution is 2.17. The molecule has 0 heterocycles. The van der Waals surface area contributed by atoms with Gasteiger partial charge in [0.2, 0.25) is 0 Å². The number of unbranched alkanes of at least 4 members (excludes halogenated alkanes) is 20. The largest absolute Gasteiger partial charge is 0.394 e. The van der Waals surface area contributed by atoms with Crippen LogP contribution in [0.4, 0.5) is 0 Å². The van der Waals surface area contributed by atoms with Crippen molar-refractivity contribution in [3.63, 3.8) is 0 Å². The topological polar surface area (TPSA) is 77.4 Å². The second-order valence-electron chi connectivity index (χ2n) is 14.5. The van der Waals surface area contributed by atoms with Crippen LogP contribution < -0.4 is 0 Å². The zero-order valence-corrected chi connectivity index (χ0v) is 32.9. The van der Waals surface area contributed by atoms with Gasteiger partial charge in [-0.25, -0.2) is 0 Å². The summed E-state index contributed by atoms with van der Waals surface area (Å²) in [6, 6.07) is 0. The van der Waals surface area contributed by atoms with E-state index in [0.717, 1.165) is 51.4 Å². The van der Waals surface area contributed by atoms with Crippen LogP contribution in [0.1, 0.15) is 207 Å². The summed E-state index contributed by atoms with van der Waals surface area (Å²) in [5.41, 5.74) is 0. The summed E-state index contributed by atoms with van der Waals surface area (Å²) in [4.78, 5) is 0. The van der Waals surface area contributed by atoms with Crippen molar-refractivity contribution in [3.05, 3.63) is 0 Å². The fourth-order valence-corrected chi connectivity index (χ4v) is 6.41. The van der Waals surface area contributed by atoms with Gasteiger partial charge in [-0.2, -0.15) is 0 Å². The van der Waals surface area contributed by atoms with E-state index in [2.05, 4.69) is 27.7 Å². The molecule has 4 atom stereocenters. The van der Waals surface area contributed by atoms with Crippen LogP contribution in [0.15, 0.2) is 0 Å². The predicted molar refractivity (Wildman–Crippen MR) is 205 cm³/mol. The minimum Gasteiger partial charge on any atom is -0.394 e. The maximum atomic E-state index is 9.97. The molecule has 0 aliphatic heterocycles. The lowest BCUT2D eigenvalue weighted by Crippen LogP contribution is -2.30. The van der Waals surface area contributed by atoms with Crippen LogP contribution >= 0.6 is 0 Å². The van der Waals surface area contributed by atoms with Gasteiger partial charge in [0.15, 0.2) is 0 Å². The van der Waals surface area contributed by atoms with E-state index in [1.165, 1.54) is 128 Å². The van der Waals surface area contributed by atoms with Gasteiger partial charge in [-0.05, 0) is 25.7 Å². The number of hydrogen-bond donors (Lipinski definition) is 2. The molecule has 0 saturated carbocycles. The Bertz CT molecular complexity index is 540. The van der Waals surface area contributed by atoms with Crippen LogP contribution in [-0.2, 0) is 18.9 Å². The minimum absolute atomic E-state index is 0.0303. The van der Waals surface area contributed by atoms with Gasteiger partial charge in [-0.1, -0.05) is 182 Å². The first-order valence-corrected chi connectivity index (χ1v) is 21.3. The standard InChI is InChI=1S/C42H86O6/c1-5-9-13-17-21-25-29-39(35-43)47-37-41(31-27-23-19-15-11-7-3)45-33-34-46-42(32-28-24-20-16-12-8-4)38-48-40(36-44)30-26-22-18-14-10-6-2/h39-44H,5-38H2,1-4H3. The van der Waals surface area contributed by atoms with E-state index in [1.54, 1.807) is 0 Å². The smallest absolute Gasteiger partial charge is 0.0809 e. The van der Waals surface area contributed by atoms with Gasteiger partial charge >= 0.3 is 0 Å². The number of aliphatic hydroxyl groups is 2. The lowest BCUT2D eigenvalue weighted by Gasteiger charge is -2.24. The molecular weight excluding hydrogens is 600 g/mol. The van der Waals surface area contributed by atoms with Gasteiger partial charge in [-0.15, -0.1) is 0 Å². The van der Waals surface area contributed by atoms with E-state index in [0.29, 0.717) is 26.4 Å². The zero-order valence-electron chi connectivity index (χ0n) is 32.9. The number of ether oxygens (including phenoxy) is 4. The molecule has 0 aromatic carbocycles. The van der Waals surface area contributed by atoms with E-state index in [-0.39, 0.29) is 37.6 Å². The monoisotopic (exact) mass is 687 g/mol. The molecule has 0 radical (unpaired) electrons. The van der Waals surface area contributed by atoms with Crippen molar-refractivity contribution in [2.75, 3.05) is 39.6 Å². The lowest BCUT2D eigenvalue weighted by atomic mass is 10.1. The molecule has 0 aromatic heterocycles. The van der Waals surface area contributed by atoms with Crippen LogP contribution in [-0.4, -0.2) is 74.3 Å². The number of hydrogen-bond acceptors (Lipinski definition) is 6. The van der Waals surface area contributed by atoms with Crippen LogP contribution in [0, 0.1) is 0 Å². The highest BCUT2D eigenvalue weighted by Gasteiger charge is 2.17. The van der Waals surface area contributed by atoms with Crippen LogP contribution in [0.2, 0.25) is 0 Å². The van der Waals surface area contributed by atoms with Crippen molar-refractivity contribution in [1.82, 2.24) is 0 Å². The van der Waals surface area contributed by atoms with Crippen molar-refractivity contribution in [2.45, 2.75) is 232 Å². The van der Waals surface area contributed by atoms with Crippen molar-refractivity contribution in [3.8, 4) is 0 Å². The summed E-state index contributed by atoms with van der Waals surface area (Å²) < 4.78 is 25.2. The Morgan fingerprint density at radius 2 is 0.562 bits per heavy atom. The molecule has 0 aromatic rings. The Morgan fingerprint density at radius 1 is 0.312 bits per heavy atom. The Hall–Kier alpha value is -0.240. The summed E-state index contributed by atoms with van der Waals surface area (Å²) in [5.74, 6) is 0. The van der Waals surface area contributed by atoms with E-state index in [1.807, 2.05) is 0 Å². The van der Waals surface area contributed by atoms with Crippen molar-refractivity contribution < 1.29 is 29.2 Å². The van der Waals surface area contributed by atoms with Crippen molar-refractivity contribution in [2.24, 2.45) is 0 Å². The summed E-state index contributed by atoms with van der Waals surface area (Å²) in [7, 11) is 0. The van der Waals surface area contributed by atoms with E-state index in [4.69, 9.17) is 18.9 Å². The summed E-state index contributed by atoms with van der Waals surface area (Å²) in [5, 5.41) is 19.9. The SMILES string of the molecule is CCCCCCCCC(CO)OCC(CCCCCCCC)OCCOC(CCCCCCCC)COC(CO)CCCCCCCC. The highest BCUT2D eigenvalue weighted by atomic mass is 16.6. The molecule has 6 nitrogen and oxygen atoms in total. The predicted octanol–water partition coefficient (Wildman–Crippen LogP) is 11.5. The maximum absolute atomic E-state index is 9.97. The summed E-state index contributed by atoms with van der Waals surface area (Å²) in [6.07, 6.45) is 33.8. The van der Waals surface area contributed by atoms with Gasteiger partial charge in [-0.3, -0.25) is 0 Å². The van der Waals surface area contributed by atoms with E-state index in [9.17, 15) is 10.2 Å². The van der Waals surface area contributed by atoms with Crippen molar-refractivity contribution in [1.29, 1.82) is 0 Å². The summed E-state index contributed by atoms with van der Waals surface area (Å²) >= 11 is 0. The first-order valence-electron chi connectivity index (χ1n) is 21.3. The molecule has 48 heavy (non-hydrogen) atoms. The Morgan fingerprint density at radius 3 is 0.833 bits per heavy atom. The Balaban J connectivity index is 4.84. The molecule has 0 spiro atoms. The quantitative estimate of drug-likeness (QED) is 0.0623. The maximum Gasteiger partial charge on any atom is 0.0809 e. The third-order valence-electron chi connectivity index (χ3n) is 9.75. The van der Waals surface area contributed by atoms with Gasteiger partial charge in [0.05, 0.1) is 64.1 Å². The molecule has 0 rings (SSSR count). The van der Waals surface area contributed by atoms with Crippen LogP contribution in [0.3, 0.4) is 0 Å². The molecule has 4 unspecified atom stereocenters. The fraction of sp³-hybridized carbons (Fsp3) is 1.00. The normalized spacial score (nSPS) is 14.4. The summed E-state index contributed by atoms with van der Waals surface area (Å²) in [6.45, 7) is 11.3. The fourth-order valence-electron chi connectivity index (χ4n) is 6.41. The van der Waals surface area contributed by atoms with E-state index < -0.39 is 0 Å². The molecule has 290 valence electrons. The Kier molecular flexibility index (Phi) is 39.3. The third kappa shape index (κ3) is 32.9. The van der Waals surface area contributed by atoms with Crippen LogP contribution in [0.25, 0.3) is 0 Å². The molecule has 6 heteroatoms. The third-order valence-corrected chi connectivity index (χ3v) is 9.75. The lowest BCUT2D eigenvalue weighted by molar-refractivity contribution is -0.0964. The molecule has 0 saturated heterocycles. The second kappa shape index (κ2) is 39.5. The average molecular weight is 687 g/mol. The first-order chi connectivity index (χ1) is 23.6. The number of aliphatic hydroxyl groups excluding tert-OH is 2. The van der Waals surface area contributed by atoms with Gasteiger partial charge in [0, 0.05) is 0 Å². The van der Waals surface area contributed by atoms with E-state index >= 15 is 0 Å². The minimum atomic E-state index is -0.0993. The first kappa shape index (κ1) is 47.8. The molecule has 0 aliphatic carbocycles. The van der Waals surface area contributed by atoms with Gasteiger partial charge in [0.25, 0.3) is 0 Å². The molecule has 0 aliphatic rings. The highest BCUT2D eigenvalue weighted by molar-refractivity contribution is 4.65. The molecule has 0 fully saturated rings. The molecule has 2 N–H and O–H groups in total. The van der Waals surface area contributed by atoms with Crippen LogP contribution in [0.5, 0.6) is 0 Å². The molecule has 0 amide bonds. The zero-order chi connectivity index (χ0) is 35.2.